The van der Waals surface area contributed by atoms with Gasteiger partial charge >= 0.3 is 6.18 Å². The summed E-state index contributed by atoms with van der Waals surface area (Å²) in [6, 6.07) is 10.3. The van der Waals surface area contributed by atoms with E-state index in [4.69, 9.17) is 4.42 Å². The molecule has 170 valence electrons. The van der Waals surface area contributed by atoms with Gasteiger partial charge in [-0.1, -0.05) is 18.2 Å². The Balaban J connectivity index is 1.57. The Morgan fingerprint density at radius 2 is 1.73 bits per heavy atom. The molecule has 0 atom stereocenters. The number of furan rings is 1. The van der Waals surface area contributed by atoms with E-state index < -0.39 is 23.6 Å². The number of ketones is 1. The molecule has 0 saturated carbocycles. The maximum Gasteiger partial charge on any atom is 0.416 e. The predicted molar refractivity (Wildman–Crippen MR) is 115 cm³/mol. The van der Waals surface area contributed by atoms with Gasteiger partial charge in [-0.05, 0) is 43.7 Å². The quantitative estimate of drug-likeness (QED) is 0.533. The molecule has 0 saturated heterocycles. The van der Waals surface area contributed by atoms with Gasteiger partial charge in [0.1, 0.15) is 5.76 Å². The molecule has 6 nitrogen and oxygen atoms in total. The van der Waals surface area contributed by atoms with E-state index >= 15 is 0 Å². The molecular formula is C24H19F3N2O4. The number of anilines is 2. The largest absolute Gasteiger partial charge is 0.455 e. The topological polar surface area (TPSA) is 88.4 Å². The van der Waals surface area contributed by atoms with Crippen LogP contribution in [0.1, 0.15) is 61.0 Å². The van der Waals surface area contributed by atoms with E-state index in [0.29, 0.717) is 36.1 Å². The molecular weight excluding hydrogens is 437 g/mol. The van der Waals surface area contributed by atoms with Crippen molar-refractivity contribution in [3.05, 3.63) is 82.3 Å². The van der Waals surface area contributed by atoms with Crippen LogP contribution in [0.4, 0.5) is 24.5 Å². The number of amides is 2. The summed E-state index contributed by atoms with van der Waals surface area (Å²) in [5.41, 5.74) is 0.137. The number of carbonyl (C=O) groups is 3. The molecule has 0 aliphatic heterocycles. The molecule has 1 aliphatic rings. The first-order valence-corrected chi connectivity index (χ1v) is 10.2. The van der Waals surface area contributed by atoms with Crippen molar-refractivity contribution in [3.8, 4) is 0 Å². The first-order chi connectivity index (χ1) is 15.6. The highest BCUT2D eigenvalue weighted by Crippen LogP contribution is 2.32. The van der Waals surface area contributed by atoms with Crippen molar-refractivity contribution in [2.45, 2.75) is 32.4 Å². The number of nitrogens with one attached hydrogen (secondary N) is 2. The van der Waals surface area contributed by atoms with Crippen LogP contribution in [0.3, 0.4) is 0 Å². The molecule has 9 heteroatoms. The third-order valence-corrected chi connectivity index (χ3v) is 5.38. The van der Waals surface area contributed by atoms with E-state index in [0.717, 1.165) is 12.1 Å². The second-order valence-electron chi connectivity index (χ2n) is 7.66. The standard InChI is InChI=1S/C24H19F3N2O4/c1-13-20-18(30)10-5-11-19(20)33-21(13)23(32)29-17-9-3-2-8-16(17)22(31)28-15-7-4-6-14(12-15)24(25,26)27/h2-4,6-9,12H,5,10-11H2,1H3,(H,28,31)(H,29,32). The summed E-state index contributed by atoms with van der Waals surface area (Å²) >= 11 is 0. The fraction of sp³-hybridized carbons (Fsp3) is 0.208. The van der Waals surface area contributed by atoms with E-state index in [2.05, 4.69) is 10.6 Å². The number of hydrogen-bond donors (Lipinski definition) is 2. The van der Waals surface area contributed by atoms with Crippen LogP contribution < -0.4 is 10.6 Å². The summed E-state index contributed by atoms with van der Waals surface area (Å²) in [5.74, 6) is -0.935. The normalized spacial score (nSPS) is 13.4. The maximum absolute atomic E-state index is 12.9. The molecule has 2 aromatic carbocycles. The highest BCUT2D eigenvalue weighted by molar-refractivity contribution is 6.13. The van der Waals surface area contributed by atoms with Gasteiger partial charge in [0.25, 0.3) is 11.8 Å². The molecule has 0 fully saturated rings. The summed E-state index contributed by atoms with van der Waals surface area (Å²) in [6.45, 7) is 1.63. The van der Waals surface area contributed by atoms with Crippen LogP contribution in [0.2, 0.25) is 0 Å². The fourth-order valence-corrected chi connectivity index (χ4v) is 3.81. The lowest BCUT2D eigenvalue weighted by atomic mass is 9.94. The van der Waals surface area contributed by atoms with E-state index in [1.54, 1.807) is 19.1 Å². The van der Waals surface area contributed by atoms with E-state index in [9.17, 15) is 27.6 Å². The number of para-hydroxylation sites is 1. The van der Waals surface area contributed by atoms with Gasteiger partial charge in [-0.25, -0.2) is 0 Å². The summed E-state index contributed by atoms with van der Waals surface area (Å²) in [7, 11) is 0. The Morgan fingerprint density at radius 3 is 2.45 bits per heavy atom. The number of rotatable bonds is 4. The Morgan fingerprint density at radius 1 is 0.970 bits per heavy atom. The number of alkyl halides is 3. The SMILES string of the molecule is Cc1c(C(=O)Nc2ccccc2C(=O)Nc2cccc(C(F)(F)F)c2)oc2c1C(=O)CCC2. The lowest BCUT2D eigenvalue weighted by Crippen LogP contribution is -2.19. The smallest absolute Gasteiger partial charge is 0.416 e. The Labute approximate surface area is 186 Å². The predicted octanol–water partition coefficient (Wildman–Crippen LogP) is 5.63. The molecule has 33 heavy (non-hydrogen) atoms. The van der Waals surface area contributed by atoms with E-state index in [-0.39, 0.29) is 28.5 Å². The van der Waals surface area contributed by atoms with Crippen molar-refractivity contribution in [3.63, 3.8) is 0 Å². The average Bonchev–Trinajstić information content (AvgIpc) is 3.11. The highest BCUT2D eigenvalue weighted by Gasteiger charge is 2.31. The molecule has 1 aliphatic carbocycles. The molecule has 4 rings (SSSR count). The van der Waals surface area contributed by atoms with Crippen LogP contribution in [0.5, 0.6) is 0 Å². The second kappa shape index (κ2) is 8.57. The van der Waals surface area contributed by atoms with Crippen LogP contribution in [0.25, 0.3) is 0 Å². The number of halogens is 3. The summed E-state index contributed by atoms with van der Waals surface area (Å²) < 4.78 is 44.5. The first kappa shape index (κ1) is 22.3. The Kier molecular flexibility index (Phi) is 5.80. The van der Waals surface area contributed by atoms with Crippen molar-refractivity contribution in [2.75, 3.05) is 10.6 Å². The van der Waals surface area contributed by atoms with Gasteiger partial charge in [0.15, 0.2) is 11.5 Å². The van der Waals surface area contributed by atoms with Gasteiger partial charge in [-0.3, -0.25) is 14.4 Å². The van der Waals surface area contributed by atoms with Gasteiger partial charge in [-0.2, -0.15) is 13.2 Å². The molecule has 0 unspecified atom stereocenters. The van der Waals surface area contributed by atoms with Crippen LogP contribution in [-0.4, -0.2) is 17.6 Å². The third-order valence-electron chi connectivity index (χ3n) is 5.38. The Bertz CT molecular complexity index is 1260. The number of fused-ring (bicyclic) bond motifs is 1. The minimum Gasteiger partial charge on any atom is -0.455 e. The van der Waals surface area contributed by atoms with Crippen LogP contribution in [0, 0.1) is 6.92 Å². The summed E-state index contributed by atoms with van der Waals surface area (Å²) in [4.78, 5) is 37.8. The molecule has 1 heterocycles. The monoisotopic (exact) mass is 456 g/mol. The number of carbonyl (C=O) groups excluding carboxylic acids is 3. The molecule has 2 N–H and O–H groups in total. The molecule has 2 amide bonds. The third kappa shape index (κ3) is 4.52. The lowest BCUT2D eigenvalue weighted by molar-refractivity contribution is -0.137. The molecule has 0 radical (unpaired) electrons. The van der Waals surface area contributed by atoms with Crippen LogP contribution >= 0.6 is 0 Å². The molecule has 3 aromatic rings. The number of hydrogen-bond acceptors (Lipinski definition) is 4. The molecule has 0 bridgehead atoms. The van der Waals surface area contributed by atoms with Gasteiger partial charge in [0, 0.05) is 24.1 Å². The maximum atomic E-state index is 12.9. The second-order valence-corrected chi connectivity index (χ2v) is 7.66. The lowest BCUT2D eigenvalue weighted by Gasteiger charge is -2.12. The zero-order chi connectivity index (χ0) is 23.8. The fourth-order valence-electron chi connectivity index (χ4n) is 3.81. The number of Topliss-reactive ketones (excluding diaryl/α,β-unsaturated/α-hetero) is 1. The Hall–Kier alpha value is -3.88. The summed E-state index contributed by atoms with van der Waals surface area (Å²) in [5, 5.41) is 5.03. The van der Waals surface area contributed by atoms with Crippen molar-refractivity contribution < 1.29 is 32.0 Å². The van der Waals surface area contributed by atoms with Gasteiger partial charge in [0.2, 0.25) is 0 Å². The van der Waals surface area contributed by atoms with E-state index in [1.165, 1.54) is 24.3 Å². The minimum atomic E-state index is -4.55. The zero-order valence-electron chi connectivity index (χ0n) is 17.5. The van der Waals surface area contributed by atoms with Crippen molar-refractivity contribution in [2.24, 2.45) is 0 Å². The van der Waals surface area contributed by atoms with Crippen LogP contribution in [-0.2, 0) is 12.6 Å². The van der Waals surface area contributed by atoms with Crippen molar-refractivity contribution >= 4 is 29.0 Å². The minimum absolute atomic E-state index is 0.0108. The number of benzene rings is 2. The van der Waals surface area contributed by atoms with Crippen molar-refractivity contribution in [1.82, 2.24) is 0 Å². The van der Waals surface area contributed by atoms with Crippen LogP contribution in [0.15, 0.2) is 52.9 Å². The van der Waals surface area contributed by atoms with Gasteiger partial charge in [0.05, 0.1) is 22.4 Å². The zero-order valence-corrected chi connectivity index (χ0v) is 17.5. The molecule has 1 aromatic heterocycles. The summed E-state index contributed by atoms with van der Waals surface area (Å²) in [6.07, 6.45) is -2.94. The van der Waals surface area contributed by atoms with E-state index in [1.807, 2.05) is 0 Å². The van der Waals surface area contributed by atoms with Crippen molar-refractivity contribution in [1.29, 1.82) is 0 Å². The molecule has 0 spiro atoms. The average molecular weight is 456 g/mol. The number of aryl methyl sites for hydroxylation is 1. The van der Waals surface area contributed by atoms with Gasteiger partial charge < -0.3 is 15.1 Å². The van der Waals surface area contributed by atoms with Gasteiger partial charge in [-0.15, -0.1) is 0 Å². The highest BCUT2D eigenvalue weighted by atomic mass is 19.4. The first-order valence-electron chi connectivity index (χ1n) is 10.2.